The lowest BCUT2D eigenvalue weighted by Crippen LogP contribution is -2.50. The molecule has 2 fully saturated rings. The van der Waals surface area contributed by atoms with Crippen molar-refractivity contribution in [2.75, 3.05) is 11.4 Å². The minimum absolute atomic E-state index is 0.0135. The molecule has 0 aromatic heterocycles. The number of piperidine rings is 1. The van der Waals surface area contributed by atoms with Crippen molar-refractivity contribution in [3.05, 3.63) is 39.0 Å². The molecule has 1 aromatic carbocycles. The number of rotatable bonds is 2. The second-order valence-corrected chi connectivity index (χ2v) is 7.24. The van der Waals surface area contributed by atoms with Crippen LogP contribution in [0.3, 0.4) is 0 Å². The van der Waals surface area contributed by atoms with Crippen LogP contribution >= 0.6 is 11.6 Å². The Labute approximate surface area is 145 Å². The fraction of sp³-hybridized carbons (Fsp3) is 0.588. The molecule has 1 saturated carbocycles. The average molecular weight is 351 g/mol. The first-order valence-corrected chi connectivity index (χ1v) is 8.66. The van der Waals surface area contributed by atoms with Crippen LogP contribution in [-0.4, -0.2) is 18.5 Å². The normalized spacial score (nSPS) is 27.2. The Morgan fingerprint density at radius 2 is 2.08 bits per heavy atom. The summed E-state index contributed by atoms with van der Waals surface area (Å²) in [5, 5.41) is 4.06. The number of nitrogens with zero attached hydrogens (tertiary/aromatic N) is 4. The third-order valence-corrected chi connectivity index (χ3v) is 5.68. The Bertz CT molecular complexity index is 709. The molecule has 1 aliphatic carbocycles. The summed E-state index contributed by atoms with van der Waals surface area (Å²) in [6.45, 7) is 2.27. The molecular formula is C17H20ClFN4O. The second kappa shape index (κ2) is 6.61. The third-order valence-electron chi connectivity index (χ3n) is 5.38. The van der Waals surface area contributed by atoms with Gasteiger partial charge in [0.2, 0.25) is 5.91 Å². The topological polar surface area (TPSA) is 69.1 Å². The highest BCUT2D eigenvalue weighted by Gasteiger charge is 2.46. The van der Waals surface area contributed by atoms with E-state index in [0.717, 1.165) is 38.5 Å². The van der Waals surface area contributed by atoms with Crippen LogP contribution in [0.5, 0.6) is 0 Å². The van der Waals surface area contributed by atoms with E-state index in [1.165, 1.54) is 6.07 Å². The fourth-order valence-corrected chi connectivity index (χ4v) is 4.21. The van der Waals surface area contributed by atoms with E-state index in [9.17, 15) is 9.18 Å². The van der Waals surface area contributed by atoms with Gasteiger partial charge in [0.15, 0.2) is 0 Å². The van der Waals surface area contributed by atoms with E-state index in [-0.39, 0.29) is 22.8 Å². The Morgan fingerprint density at radius 1 is 1.38 bits per heavy atom. The molecule has 1 amide bonds. The molecule has 5 nitrogen and oxygen atoms in total. The molecule has 7 heteroatoms. The quantitative estimate of drug-likeness (QED) is 0.413. The number of carbonyl (C=O) groups is 1. The fourth-order valence-electron chi connectivity index (χ4n) is 3.96. The third kappa shape index (κ3) is 2.96. The first-order chi connectivity index (χ1) is 11.5. The van der Waals surface area contributed by atoms with Crippen molar-refractivity contribution in [3.63, 3.8) is 0 Å². The number of amides is 1. The zero-order valence-corrected chi connectivity index (χ0v) is 14.4. The highest BCUT2D eigenvalue weighted by Crippen LogP contribution is 2.46. The molecule has 1 heterocycles. The summed E-state index contributed by atoms with van der Waals surface area (Å²) in [5.41, 5.74) is 9.26. The standard InChI is InChI=1S/C17H20ClFN4O/c1-11-9-15(13(18)10-14(11)19)23-8-2-5-17(16(23)24)6-3-12(4-7-17)21-22-20/h9-10,12H,2-8H2,1H3. The van der Waals surface area contributed by atoms with Crippen LogP contribution in [0.4, 0.5) is 10.1 Å². The van der Waals surface area contributed by atoms with E-state index in [1.54, 1.807) is 17.9 Å². The van der Waals surface area contributed by atoms with Crippen molar-refractivity contribution in [2.45, 2.75) is 51.5 Å². The van der Waals surface area contributed by atoms with Gasteiger partial charge in [0.1, 0.15) is 5.82 Å². The lowest BCUT2D eigenvalue weighted by atomic mass is 9.67. The predicted molar refractivity (Wildman–Crippen MR) is 91.6 cm³/mol. The zero-order valence-electron chi connectivity index (χ0n) is 13.6. The van der Waals surface area contributed by atoms with Crippen molar-refractivity contribution in [1.29, 1.82) is 0 Å². The van der Waals surface area contributed by atoms with Crippen LogP contribution in [0, 0.1) is 18.2 Å². The molecular weight excluding hydrogens is 331 g/mol. The summed E-state index contributed by atoms with van der Waals surface area (Å²) >= 11 is 6.20. The SMILES string of the molecule is Cc1cc(N2CCCC3(CCC(N=[N+]=[N-])CC3)C2=O)c(Cl)cc1F. The molecule has 1 saturated heterocycles. The highest BCUT2D eigenvalue weighted by atomic mass is 35.5. The molecule has 2 aliphatic rings. The number of azide groups is 1. The maximum absolute atomic E-state index is 13.7. The number of halogens is 2. The molecule has 0 radical (unpaired) electrons. The molecule has 1 aromatic rings. The van der Waals surface area contributed by atoms with Crippen LogP contribution in [0.2, 0.25) is 5.02 Å². The number of benzene rings is 1. The summed E-state index contributed by atoms with van der Waals surface area (Å²) < 4.78 is 13.7. The summed E-state index contributed by atoms with van der Waals surface area (Å²) in [6, 6.07) is 2.92. The van der Waals surface area contributed by atoms with Crippen LogP contribution in [0.25, 0.3) is 10.4 Å². The average Bonchev–Trinajstić information content (AvgIpc) is 2.56. The minimum atomic E-state index is -0.397. The van der Waals surface area contributed by atoms with Gasteiger partial charge < -0.3 is 4.90 Å². The Morgan fingerprint density at radius 3 is 2.75 bits per heavy atom. The number of hydrogen-bond acceptors (Lipinski definition) is 2. The van der Waals surface area contributed by atoms with Crippen LogP contribution < -0.4 is 4.90 Å². The van der Waals surface area contributed by atoms with Crippen LogP contribution in [0.15, 0.2) is 17.2 Å². The van der Waals surface area contributed by atoms with Gasteiger partial charge in [-0.05, 0) is 68.7 Å². The summed E-state index contributed by atoms with van der Waals surface area (Å²) in [5.74, 6) is -0.293. The number of aryl methyl sites for hydroxylation is 1. The van der Waals surface area contributed by atoms with Gasteiger partial charge in [-0.15, -0.1) is 0 Å². The molecule has 0 atom stereocenters. The first kappa shape index (κ1) is 17.1. The summed E-state index contributed by atoms with van der Waals surface area (Å²) in [7, 11) is 0. The first-order valence-electron chi connectivity index (χ1n) is 8.29. The maximum atomic E-state index is 13.7. The van der Waals surface area contributed by atoms with E-state index >= 15 is 0 Å². The maximum Gasteiger partial charge on any atom is 0.233 e. The Balaban J connectivity index is 1.86. The minimum Gasteiger partial charge on any atom is -0.310 e. The van der Waals surface area contributed by atoms with E-state index < -0.39 is 5.41 Å². The zero-order chi connectivity index (χ0) is 17.3. The molecule has 0 unspecified atom stereocenters. The molecule has 128 valence electrons. The van der Waals surface area contributed by atoms with Gasteiger partial charge in [-0.2, -0.15) is 0 Å². The highest BCUT2D eigenvalue weighted by molar-refractivity contribution is 6.34. The molecule has 1 spiro atoms. The van der Waals surface area contributed by atoms with Crippen molar-refractivity contribution in [2.24, 2.45) is 10.5 Å². The number of carbonyl (C=O) groups excluding carboxylic acids is 1. The van der Waals surface area contributed by atoms with Crippen molar-refractivity contribution < 1.29 is 9.18 Å². The monoisotopic (exact) mass is 350 g/mol. The largest absolute Gasteiger partial charge is 0.310 e. The van der Waals surface area contributed by atoms with Gasteiger partial charge in [-0.3, -0.25) is 4.79 Å². The van der Waals surface area contributed by atoms with Gasteiger partial charge in [-0.25, -0.2) is 4.39 Å². The second-order valence-electron chi connectivity index (χ2n) is 6.83. The van der Waals surface area contributed by atoms with Crippen LogP contribution in [-0.2, 0) is 4.79 Å². The lowest BCUT2D eigenvalue weighted by molar-refractivity contribution is -0.132. The van der Waals surface area contributed by atoms with E-state index in [2.05, 4.69) is 10.0 Å². The molecule has 0 N–H and O–H groups in total. The van der Waals surface area contributed by atoms with Crippen LogP contribution in [0.1, 0.15) is 44.1 Å². The summed E-state index contributed by atoms with van der Waals surface area (Å²) in [6.07, 6.45) is 4.67. The van der Waals surface area contributed by atoms with Crippen molar-refractivity contribution in [1.82, 2.24) is 0 Å². The van der Waals surface area contributed by atoms with Gasteiger partial charge in [0.05, 0.1) is 10.7 Å². The Hall–Kier alpha value is -1.78. The van der Waals surface area contributed by atoms with E-state index in [1.807, 2.05) is 0 Å². The molecule has 1 aliphatic heterocycles. The van der Waals surface area contributed by atoms with Crippen molar-refractivity contribution in [3.8, 4) is 0 Å². The number of anilines is 1. The van der Waals surface area contributed by atoms with Crippen molar-refractivity contribution >= 4 is 23.2 Å². The predicted octanol–water partition coefficient (Wildman–Crippen LogP) is 5.15. The van der Waals surface area contributed by atoms with Gasteiger partial charge >= 0.3 is 0 Å². The summed E-state index contributed by atoms with van der Waals surface area (Å²) in [4.78, 5) is 17.8. The smallest absolute Gasteiger partial charge is 0.233 e. The van der Waals surface area contributed by atoms with Gasteiger partial charge in [0.25, 0.3) is 0 Å². The van der Waals surface area contributed by atoms with Gasteiger partial charge in [-0.1, -0.05) is 16.7 Å². The van der Waals surface area contributed by atoms with E-state index in [0.29, 0.717) is 17.8 Å². The molecule has 0 bridgehead atoms. The number of hydrogen-bond donors (Lipinski definition) is 0. The van der Waals surface area contributed by atoms with Gasteiger partial charge in [0, 0.05) is 22.9 Å². The molecule has 24 heavy (non-hydrogen) atoms. The van der Waals surface area contributed by atoms with E-state index in [4.69, 9.17) is 17.1 Å². The molecule has 3 rings (SSSR count). The Kier molecular flexibility index (Phi) is 4.70. The lowest BCUT2D eigenvalue weighted by Gasteiger charge is -2.45.